The minimum absolute atomic E-state index is 0.160. The van der Waals surface area contributed by atoms with Gasteiger partial charge in [-0.2, -0.15) is 0 Å². The fraction of sp³-hybridized carbons (Fsp3) is 0.346. The van der Waals surface area contributed by atoms with Gasteiger partial charge in [-0.1, -0.05) is 54.6 Å². The highest BCUT2D eigenvalue weighted by Crippen LogP contribution is 2.46. The quantitative estimate of drug-likeness (QED) is 0.408. The van der Waals surface area contributed by atoms with E-state index in [0.29, 0.717) is 19.0 Å². The van der Waals surface area contributed by atoms with Gasteiger partial charge >= 0.3 is 6.09 Å². The number of alkyl halides is 1. The van der Waals surface area contributed by atoms with Crippen molar-refractivity contribution in [2.75, 3.05) is 17.3 Å². The molecule has 0 spiro atoms. The highest BCUT2D eigenvalue weighted by atomic mass is 35.5. The lowest BCUT2D eigenvalue weighted by Crippen LogP contribution is -2.36. The number of hydrogen-bond acceptors (Lipinski definition) is 3. The van der Waals surface area contributed by atoms with Gasteiger partial charge in [0.1, 0.15) is 18.0 Å². The Morgan fingerprint density at radius 2 is 1.74 bits per heavy atom. The Balaban J connectivity index is 1.77. The first-order valence-corrected chi connectivity index (χ1v) is 11.2. The summed E-state index contributed by atoms with van der Waals surface area (Å²) in [4.78, 5) is 14.8. The molecule has 3 aromatic rings. The fourth-order valence-electron chi connectivity index (χ4n) is 4.12. The number of carbonyl (C=O) groups is 1. The molecule has 0 saturated carbocycles. The molecule has 0 fully saturated rings. The van der Waals surface area contributed by atoms with Crippen molar-refractivity contribution in [2.24, 2.45) is 0 Å². The molecule has 0 aliphatic carbocycles. The lowest BCUT2D eigenvalue weighted by atomic mass is 9.92. The summed E-state index contributed by atoms with van der Waals surface area (Å²) in [6, 6.07) is 20.3. The lowest BCUT2D eigenvalue weighted by Gasteiger charge is -2.25. The van der Waals surface area contributed by atoms with Gasteiger partial charge in [0.15, 0.2) is 0 Å². The molecule has 5 heteroatoms. The van der Waals surface area contributed by atoms with Crippen LogP contribution < -0.4 is 9.64 Å². The summed E-state index contributed by atoms with van der Waals surface area (Å²) in [5.41, 5.74) is 2.53. The zero-order chi connectivity index (χ0) is 22.0. The van der Waals surface area contributed by atoms with Gasteiger partial charge in [-0.05, 0) is 43.7 Å². The topological polar surface area (TPSA) is 38.8 Å². The maximum atomic E-state index is 13.0. The van der Waals surface area contributed by atoms with E-state index < -0.39 is 5.60 Å². The van der Waals surface area contributed by atoms with Gasteiger partial charge in [0.2, 0.25) is 0 Å². The minimum atomic E-state index is -0.564. The van der Waals surface area contributed by atoms with Crippen molar-refractivity contribution in [1.82, 2.24) is 0 Å². The van der Waals surface area contributed by atoms with Gasteiger partial charge < -0.3 is 9.47 Å². The molecule has 162 valence electrons. The molecule has 1 aliphatic heterocycles. The second-order valence-corrected chi connectivity index (χ2v) is 9.27. The number of carbonyl (C=O) groups excluding carboxylic acids is 1. The van der Waals surface area contributed by atoms with Gasteiger partial charge in [0.05, 0.1) is 5.69 Å². The number of anilines is 1. The van der Waals surface area contributed by atoms with Gasteiger partial charge in [-0.15, -0.1) is 11.6 Å². The smallest absolute Gasteiger partial charge is 0.414 e. The van der Waals surface area contributed by atoms with E-state index in [1.807, 2.05) is 69.3 Å². The normalized spacial score (nSPS) is 15.7. The van der Waals surface area contributed by atoms with Crippen LogP contribution in [0.15, 0.2) is 60.7 Å². The van der Waals surface area contributed by atoms with E-state index in [0.717, 1.165) is 39.8 Å². The van der Waals surface area contributed by atoms with Crippen molar-refractivity contribution < 1.29 is 14.3 Å². The average Bonchev–Trinajstić information content (AvgIpc) is 3.10. The number of amides is 1. The highest BCUT2D eigenvalue weighted by molar-refractivity contribution is 6.18. The van der Waals surface area contributed by atoms with E-state index in [1.54, 1.807) is 4.90 Å². The zero-order valence-electron chi connectivity index (χ0n) is 18.2. The van der Waals surface area contributed by atoms with Crippen LogP contribution in [-0.2, 0) is 11.3 Å². The summed E-state index contributed by atoms with van der Waals surface area (Å²) < 4.78 is 11.9. The Morgan fingerprint density at radius 1 is 1.06 bits per heavy atom. The van der Waals surface area contributed by atoms with Gasteiger partial charge in [-0.3, -0.25) is 4.90 Å². The maximum Gasteiger partial charge on any atom is 0.414 e. The molecule has 0 bridgehead atoms. The number of nitrogens with zero attached hydrogens (tertiary/aromatic N) is 1. The molecular weight excluding hydrogens is 410 g/mol. The first-order valence-electron chi connectivity index (χ1n) is 10.7. The predicted octanol–water partition coefficient (Wildman–Crippen LogP) is 6.89. The van der Waals surface area contributed by atoms with E-state index in [-0.39, 0.29) is 12.0 Å². The van der Waals surface area contributed by atoms with Crippen molar-refractivity contribution >= 4 is 34.2 Å². The first kappa shape index (κ1) is 21.5. The van der Waals surface area contributed by atoms with Crippen LogP contribution in [0.3, 0.4) is 0 Å². The Morgan fingerprint density at radius 3 is 2.42 bits per heavy atom. The second-order valence-electron chi connectivity index (χ2n) is 8.89. The van der Waals surface area contributed by atoms with Crippen molar-refractivity contribution in [3.8, 4) is 5.75 Å². The first-order chi connectivity index (χ1) is 14.9. The highest BCUT2D eigenvalue weighted by Gasteiger charge is 2.36. The molecule has 1 amide bonds. The van der Waals surface area contributed by atoms with E-state index in [2.05, 4.69) is 12.1 Å². The number of fused-ring (bicyclic) bond motifs is 3. The Kier molecular flexibility index (Phi) is 6.10. The van der Waals surface area contributed by atoms with E-state index in [1.165, 1.54) is 0 Å². The van der Waals surface area contributed by atoms with E-state index >= 15 is 0 Å². The number of rotatable bonds is 5. The molecule has 0 radical (unpaired) electrons. The molecule has 1 heterocycles. The van der Waals surface area contributed by atoms with Crippen LogP contribution in [0.2, 0.25) is 0 Å². The summed E-state index contributed by atoms with van der Waals surface area (Å²) in [6.45, 7) is 6.66. The van der Waals surface area contributed by atoms with Crippen LogP contribution in [-0.4, -0.2) is 24.1 Å². The van der Waals surface area contributed by atoms with Crippen molar-refractivity contribution in [3.05, 3.63) is 71.8 Å². The third-order valence-electron chi connectivity index (χ3n) is 5.44. The summed E-state index contributed by atoms with van der Waals surface area (Å²) >= 11 is 6.12. The summed E-state index contributed by atoms with van der Waals surface area (Å²) in [5, 5.41) is 2.15. The molecule has 1 atom stereocenters. The molecule has 0 N–H and O–H groups in total. The lowest BCUT2D eigenvalue weighted by molar-refractivity contribution is 0.0582. The largest absolute Gasteiger partial charge is 0.488 e. The average molecular weight is 438 g/mol. The summed E-state index contributed by atoms with van der Waals surface area (Å²) in [7, 11) is 0. The van der Waals surface area contributed by atoms with Crippen LogP contribution in [0.4, 0.5) is 10.5 Å². The Labute approximate surface area is 188 Å². The molecule has 0 saturated heterocycles. The number of ether oxygens (including phenoxy) is 2. The van der Waals surface area contributed by atoms with Crippen LogP contribution in [0.5, 0.6) is 5.75 Å². The van der Waals surface area contributed by atoms with Crippen molar-refractivity contribution in [2.45, 2.75) is 45.3 Å². The number of halogens is 1. The van der Waals surface area contributed by atoms with Gasteiger partial charge in [0.25, 0.3) is 0 Å². The van der Waals surface area contributed by atoms with Crippen LogP contribution in [0.1, 0.15) is 44.2 Å². The zero-order valence-corrected chi connectivity index (χ0v) is 19.0. The fourth-order valence-corrected chi connectivity index (χ4v) is 4.39. The van der Waals surface area contributed by atoms with Crippen LogP contribution >= 0.6 is 11.6 Å². The predicted molar refractivity (Wildman–Crippen MR) is 126 cm³/mol. The van der Waals surface area contributed by atoms with Gasteiger partial charge in [-0.25, -0.2) is 4.79 Å². The van der Waals surface area contributed by atoms with Crippen molar-refractivity contribution in [3.63, 3.8) is 0 Å². The summed E-state index contributed by atoms with van der Waals surface area (Å²) in [6.07, 6.45) is 0.456. The third-order valence-corrected chi connectivity index (χ3v) is 5.66. The molecule has 4 rings (SSSR count). The molecule has 0 aromatic heterocycles. The van der Waals surface area contributed by atoms with E-state index in [4.69, 9.17) is 21.1 Å². The number of hydrogen-bond donors (Lipinski definition) is 0. The van der Waals surface area contributed by atoms with Crippen molar-refractivity contribution in [1.29, 1.82) is 0 Å². The Hall–Kier alpha value is -2.72. The minimum Gasteiger partial charge on any atom is -0.488 e. The molecule has 1 aliphatic rings. The molecule has 31 heavy (non-hydrogen) atoms. The standard InChI is InChI=1S/C26H28ClNO3/c1-26(2,3)31-25(29)28-16-19(13-14-27)24-21-12-8-7-11-20(21)23(15-22(24)28)30-17-18-9-5-4-6-10-18/h4-12,15,19H,13-14,16-17H2,1-3H3. The van der Waals surface area contributed by atoms with Crippen LogP contribution in [0.25, 0.3) is 10.8 Å². The molecule has 1 unspecified atom stereocenters. The SMILES string of the molecule is CC(C)(C)OC(=O)N1CC(CCCl)c2c1cc(OCc1ccccc1)c1ccccc21. The van der Waals surface area contributed by atoms with E-state index in [9.17, 15) is 4.79 Å². The van der Waals surface area contributed by atoms with Gasteiger partial charge in [0, 0.05) is 29.8 Å². The second kappa shape index (κ2) is 8.80. The Bertz CT molecular complexity index is 1080. The summed E-state index contributed by atoms with van der Waals surface area (Å²) in [5.74, 6) is 1.46. The van der Waals surface area contributed by atoms with Crippen LogP contribution in [0, 0.1) is 0 Å². The third kappa shape index (κ3) is 4.64. The number of benzene rings is 3. The molecule has 3 aromatic carbocycles. The molecule has 4 nitrogen and oxygen atoms in total. The monoisotopic (exact) mass is 437 g/mol. The maximum absolute atomic E-state index is 13.0. The molecular formula is C26H28ClNO3.